The highest BCUT2D eigenvalue weighted by Crippen LogP contribution is 2.55. The Morgan fingerprint density at radius 1 is 1.23 bits per heavy atom. The van der Waals surface area contributed by atoms with Crippen LogP contribution in [-0.4, -0.2) is 64.8 Å². The molecule has 5 fully saturated rings. The van der Waals surface area contributed by atoms with E-state index >= 15 is 0 Å². The molecule has 4 aliphatic carbocycles. The van der Waals surface area contributed by atoms with Crippen LogP contribution in [0.2, 0.25) is 0 Å². The number of nitriles is 1. The van der Waals surface area contributed by atoms with Gasteiger partial charge in [0.1, 0.15) is 11.9 Å². The van der Waals surface area contributed by atoms with E-state index in [0.717, 1.165) is 64.1 Å². The SMILES string of the molecule is CC(C(=O)NC1C2CC3CC1CC(O)(C3)C2)N1CCN(c2ccc(C#N)cn2)CC1. The zero-order chi connectivity index (χ0) is 20.9. The number of hydrogen-bond acceptors (Lipinski definition) is 6. The standard InChI is InChI=1S/C23H31N5O2/c1-15(27-4-6-28(7-5-27)20-3-2-16(13-24)14-25-20)22(29)26-21-18-8-17-9-19(21)12-23(30,10-17)11-18/h2-3,14-15,17-19,21,30H,4-12H2,1H3,(H,26,29). The maximum absolute atomic E-state index is 13.1. The van der Waals surface area contributed by atoms with Gasteiger partial charge in [-0.1, -0.05) is 0 Å². The largest absolute Gasteiger partial charge is 0.390 e. The van der Waals surface area contributed by atoms with Gasteiger partial charge in [0.05, 0.1) is 17.2 Å². The fourth-order valence-corrected chi connectivity index (χ4v) is 6.65. The molecule has 5 aliphatic rings. The number of pyridine rings is 1. The van der Waals surface area contributed by atoms with Gasteiger partial charge in [-0.25, -0.2) is 4.98 Å². The summed E-state index contributed by atoms with van der Waals surface area (Å²) in [5.41, 5.74) is 0.110. The van der Waals surface area contributed by atoms with Crippen molar-refractivity contribution in [1.82, 2.24) is 15.2 Å². The lowest BCUT2D eigenvalue weighted by Crippen LogP contribution is -2.63. The zero-order valence-electron chi connectivity index (χ0n) is 17.6. The van der Waals surface area contributed by atoms with Crippen LogP contribution < -0.4 is 10.2 Å². The molecule has 30 heavy (non-hydrogen) atoms. The van der Waals surface area contributed by atoms with Gasteiger partial charge in [0.25, 0.3) is 0 Å². The van der Waals surface area contributed by atoms with Gasteiger partial charge in [-0.05, 0) is 68.9 Å². The maximum Gasteiger partial charge on any atom is 0.237 e. The van der Waals surface area contributed by atoms with E-state index in [1.165, 1.54) is 0 Å². The molecule has 6 rings (SSSR count). The van der Waals surface area contributed by atoms with Crippen LogP contribution in [0.25, 0.3) is 0 Å². The van der Waals surface area contributed by atoms with Crippen molar-refractivity contribution in [2.75, 3.05) is 31.1 Å². The summed E-state index contributed by atoms with van der Waals surface area (Å²) in [6, 6.07) is 5.88. The van der Waals surface area contributed by atoms with Gasteiger partial charge in [-0.3, -0.25) is 9.69 Å². The minimum Gasteiger partial charge on any atom is -0.390 e. The van der Waals surface area contributed by atoms with Crippen LogP contribution >= 0.6 is 0 Å². The zero-order valence-corrected chi connectivity index (χ0v) is 17.6. The molecule has 1 aromatic heterocycles. The quantitative estimate of drug-likeness (QED) is 0.783. The molecule has 4 bridgehead atoms. The number of nitrogens with zero attached hydrogens (tertiary/aromatic N) is 4. The molecule has 7 heteroatoms. The van der Waals surface area contributed by atoms with Crippen molar-refractivity contribution in [3.8, 4) is 6.07 Å². The van der Waals surface area contributed by atoms with Crippen LogP contribution in [0.4, 0.5) is 5.82 Å². The van der Waals surface area contributed by atoms with Crippen molar-refractivity contribution in [3.63, 3.8) is 0 Å². The van der Waals surface area contributed by atoms with Crippen LogP contribution in [0.5, 0.6) is 0 Å². The number of carbonyl (C=O) groups excluding carboxylic acids is 1. The van der Waals surface area contributed by atoms with Crippen LogP contribution in [-0.2, 0) is 4.79 Å². The monoisotopic (exact) mass is 409 g/mol. The second-order valence-corrected chi connectivity index (χ2v) is 9.94. The van der Waals surface area contributed by atoms with Gasteiger partial charge in [-0.15, -0.1) is 0 Å². The van der Waals surface area contributed by atoms with Gasteiger partial charge in [0.2, 0.25) is 5.91 Å². The van der Waals surface area contributed by atoms with E-state index < -0.39 is 5.60 Å². The molecule has 1 aliphatic heterocycles. The molecule has 1 saturated heterocycles. The Morgan fingerprint density at radius 3 is 2.50 bits per heavy atom. The Hall–Kier alpha value is -2.17. The first-order valence-corrected chi connectivity index (χ1v) is 11.3. The molecule has 1 amide bonds. The summed E-state index contributed by atoms with van der Waals surface area (Å²) < 4.78 is 0. The lowest BCUT2D eigenvalue weighted by molar-refractivity contribution is -0.148. The third kappa shape index (κ3) is 3.57. The smallest absolute Gasteiger partial charge is 0.237 e. The maximum atomic E-state index is 13.1. The molecule has 1 aromatic rings. The topological polar surface area (TPSA) is 92.5 Å². The normalized spacial score (nSPS) is 36.4. The Bertz CT molecular complexity index is 826. The van der Waals surface area contributed by atoms with Crippen molar-refractivity contribution in [2.24, 2.45) is 17.8 Å². The molecule has 3 atom stereocenters. The second kappa shape index (κ2) is 7.51. The molecule has 0 radical (unpaired) electrons. The lowest BCUT2D eigenvalue weighted by atomic mass is 9.52. The number of carbonyl (C=O) groups is 1. The number of amides is 1. The third-order valence-corrected chi connectivity index (χ3v) is 7.99. The molecule has 160 valence electrons. The van der Waals surface area contributed by atoms with E-state index in [4.69, 9.17) is 5.26 Å². The summed E-state index contributed by atoms with van der Waals surface area (Å²) in [4.78, 5) is 21.9. The van der Waals surface area contributed by atoms with E-state index in [2.05, 4.69) is 26.2 Å². The number of nitrogens with one attached hydrogen (secondary N) is 1. The summed E-state index contributed by atoms with van der Waals surface area (Å²) in [5.74, 6) is 2.55. The highest BCUT2D eigenvalue weighted by atomic mass is 16.3. The van der Waals surface area contributed by atoms with Crippen LogP contribution in [0.3, 0.4) is 0 Å². The molecule has 2 N–H and O–H groups in total. The fourth-order valence-electron chi connectivity index (χ4n) is 6.65. The van der Waals surface area contributed by atoms with Crippen LogP contribution in [0, 0.1) is 29.1 Å². The summed E-state index contributed by atoms with van der Waals surface area (Å²) in [6.07, 6.45) is 6.61. The highest BCUT2D eigenvalue weighted by molar-refractivity contribution is 5.81. The molecule has 3 unspecified atom stereocenters. The Labute approximate surface area is 178 Å². The van der Waals surface area contributed by atoms with Gasteiger partial charge >= 0.3 is 0 Å². The number of rotatable bonds is 4. The van der Waals surface area contributed by atoms with Crippen LogP contribution in [0.15, 0.2) is 18.3 Å². The summed E-state index contributed by atoms with van der Waals surface area (Å²) >= 11 is 0. The number of hydrogen-bond donors (Lipinski definition) is 2. The van der Waals surface area contributed by atoms with Crippen molar-refractivity contribution in [2.45, 2.75) is 56.7 Å². The van der Waals surface area contributed by atoms with Crippen molar-refractivity contribution < 1.29 is 9.90 Å². The van der Waals surface area contributed by atoms with Gasteiger partial charge in [-0.2, -0.15) is 5.26 Å². The molecule has 0 spiro atoms. The molecular weight excluding hydrogens is 378 g/mol. The van der Waals surface area contributed by atoms with Crippen LogP contribution in [0.1, 0.15) is 44.6 Å². The molecule has 4 saturated carbocycles. The second-order valence-electron chi connectivity index (χ2n) is 9.94. The fraction of sp³-hybridized carbons (Fsp3) is 0.696. The first kappa shape index (κ1) is 19.8. The molecular formula is C23H31N5O2. The van der Waals surface area contributed by atoms with E-state index in [1.807, 2.05) is 13.0 Å². The Balaban J connectivity index is 1.16. The minimum absolute atomic E-state index is 0.129. The summed E-state index contributed by atoms with van der Waals surface area (Å²) in [7, 11) is 0. The van der Waals surface area contributed by atoms with Crippen molar-refractivity contribution in [3.05, 3.63) is 23.9 Å². The minimum atomic E-state index is -0.459. The predicted octanol–water partition coefficient (Wildman–Crippen LogP) is 1.52. The van der Waals surface area contributed by atoms with Crippen molar-refractivity contribution in [1.29, 1.82) is 5.26 Å². The summed E-state index contributed by atoms with van der Waals surface area (Å²) in [6.45, 7) is 5.28. The Morgan fingerprint density at radius 2 is 1.93 bits per heavy atom. The summed E-state index contributed by atoms with van der Waals surface area (Å²) in [5, 5.41) is 23.1. The number of piperazine rings is 1. The van der Waals surface area contributed by atoms with Gasteiger partial charge < -0.3 is 15.3 Å². The van der Waals surface area contributed by atoms with E-state index in [9.17, 15) is 9.90 Å². The highest BCUT2D eigenvalue weighted by Gasteiger charge is 2.55. The Kier molecular flexibility index (Phi) is 4.95. The lowest BCUT2D eigenvalue weighted by Gasteiger charge is -2.58. The van der Waals surface area contributed by atoms with E-state index in [-0.39, 0.29) is 18.0 Å². The molecule has 2 heterocycles. The first-order chi connectivity index (χ1) is 14.4. The van der Waals surface area contributed by atoms with Gasteiger partial charge in [0.15, 0.2) is 0 Å². The third-order valence-electron chi connectivity index (χ3n) is 7.99. The number of aromatic nitrogens is 1. The van der Waals surface area contributed by atoms with Gasteiger partial charge in [0, 0.05) is 38.4 Å². The van der Waals surface area contributed by atoms with Crippen molar-refractivity contribution >= 4 is 11.7 Å². The average molecular weight is 410 g/mol. The first-order valence-electron chi connectivity index (χ1n) is 11.3. The number of aliphatic hydroxyl groups is 1. The van der Waals surface area contributed by atoms with E-state index in [1.54, 1.807) is 12.3 Å². The molecule has 7 nitrogen and oxygen atoms in total. The van der Waals surface area contributed by atoms with E-state index in [0.29, 0.717) is 23.3 Å². The number of anilines is 1. The predicted molar refractivity (Wildman–Crippen MR) is 113 cm³/mol. The molecule has 0 aromatic carbocycles. The average Bonchev–Trinajstić information content (AvgIpc) is 2.74.